The molecule has 0 aliphatic heterocycles. The Balaban J connectivity index is 0.00000147. The van der Waals surface area contributed by atoms with E-state index in [0.29, 0.717) is 18.2 Å². The van der Waals surface area contributed by atoms with Crippen molar-refractivity contribution >= 4 is 40.0 Å². The largest absolute Gasteiger partial charge is 0.348 e. The topological polar surface area (TPSA) is 98.2 Å². The Morgan fingerprint density at radius 1 is 1.60 bits per heavy atom. The lowest BCUT2D eigenvalue weighted by atomic mass is 10.2. The number of fused-ring (bicyclic) bond motifs is 1. The fourth-order valence-electron chi connectivity index (χ4n) is 1.84. The van der Waals surface area contributed by atoms with Gasteiger partial charge in [0, 0.05) is 25.0 Å². The molecule has 7 nitrogen and oxygen atoms in total. The number of aromatic nitrogens is 4. The third-order valence-electron chi connectivity index (χ3n) is 3.09. The second-order valence-electron chi connectivity index (χ2n) is 4.66. The van der Waals surface area contributed by atoms with Gasteiger partial charge in [0.25, 0.3) is 11.7 Å². The maximum atomic E-state index is 11.9. The molecule has 1 unspecified atom stereocenters. The summed E-state index contributed by atoms with van der Waals surface area (Å²) in [6.07, 6.45) is 5.61. The summed E-state index contributed by atoms with van der Waals surface area (Å²) in [5, 5.41) is 6.83. The highest BCUT2D eigenvalue weighted by Crippen LogP contribution is 2.31. The lowest BCUT2D eigenvalue weighted by molar-refractivity contribution is 0.0940. The third kappa shape index (κ3) is 3.25. The van der Waals surface area contributed by atoms with Crippen LogP contribution in [0.3, 0.4) is 0 Å². The molecule has 1 fully saturated rings. The van der Waals surface area contributed by atoms with Gasteiger partial charge in [0.15, 0.2) is 0 Å². The first-order valence-corrected chi connectivity index (χ1v) is 6.84. The minimum absolute atomic E-state index is 0. The summed E-state index contributed by atoms with van der Waals surface area (Å²) in [5.41, 5.74) is 5.92. The van der Waals surface area contributed by atoms with Gasteiger partial charge in [-0.25, -0.2) is 9.50 Å². The molecule has 2 aromatic rings. The van der Waals surface area contributed by atoms with Crippen LogP contribution in [0, 0.1) is 5.92 Å². The van der Waals surface area contributed by atoms with Crippen LogP contribution >= 0.6 is 28.3 Å². The van der Waals surface area contributed by atoms with E-state index in [1.807, 2.05) is 0 Å². The number of nitrogens with one attached hydrogen (secondary N) is 1. The summed E-state index contributed by atoms with van der Waals surface area (Å²) in [6.45, 7) is 0.455. The fourth-order valence-corrected chi connectivity index (χ4v) is 2.13. The number of carbonyl (C=O) groups is 1. The molecule has 1 aliphatic rings. The highest BCUT2D eigenvalue weighted by molar-refractivity contribution is 9.10. The molecule has 9 heteroatoms. The Hall–Kier alpha value is -1.25. The van der Waals surface area contributed by atoms with Gasteiger partial charge in [-0.2, -0.15) is 4.98 Å². The van der Waals surface area contributed by atoms with E-state index in [1.165, 1.54) is 4.52 Å². The van der Waals surface area contributed by atoms with Crippen molar-refractivity contribution in [3.63, 3.8) is 0 Å². The Labute approximate surface area is 129 Å². The number of rotatable bonds is 4. The van der Waals surface area contributed by atoms with Crippen LogP contribution in [0.25, 0.3) is 5.78 Å². The molecule has 20 heavy (non-hydrogen) atoms. The van der Waals surface area contributed by atoms with Crippen molar-refractivity contribution in [3.8, 4) is 0 Å². The Kier molecular flexibility index (Phi) is 4.56. The minimum Gasteiger partial charge on any atom is -0.348 e. The molecule has 1 aliphatic carbocycles. The average Bonchev–Trinajstić information content (AvgIpc) is 3.15. The van der Waals surface area contributed by atoms with Crippen molar-refractivity contribution in [2.45, 2.75) is 18.9 Å². The van der Waals surface area contributed by atoms with E-state index in [0.717, 1.165) is 17.3 Å². The number of nitrogens with two attached hydrogens (primary N) is 1. The quantitative estimate of drug-likeness (QED) is 0.838. The van der Waals surface area contributed by atoms with Gasteiger partial charge in [0.1, 0.15) is 0 Å². The number of hydrogen-bond acceptors (Lipinski definition) is 5. The number of halogens is 2. The second kappa shape index (κ2) is 6.02. The van der Waals surface area contributed by atoms with E-state index in [9.17, 15) is 4.79 Å². The van der Waals surface area contributed by atoms with Crippen molar-refractivity contribution in [1.29, 1.82) is 0 Å². The molecule has 0 aromatic carbocycles. The zero-order chi connectivity index (χ0) is 13.4. The van der Waals surface area contributed by atoms with Crippen molar-refractivity contribution in [1.82, 2.24) is 24.9 Å². The molecule has 0 saturated heterocycles. The molecular formula is C11H14BrClN6O. The van der Waals surface area contributed by atoms with Crippen LogP contribution in [0.5, 0.6) is 0 Å². The first-order valence-electron chi connectivity index (χ1n) is 6.05. The fraction of sp³-hybridized carbons (Fsp3) is 0.455. The summed E-state index contributed by atoms with van der Waals surface area (Å²) in [5.74, 6) is 0.720. The van der Waals surface area contributed by atoms with Crippen LogP contribution in [-0.2, 0) is 0 Å². The van der Waals surface area contributed by atoms with Crippen molar-refractivity contribution in [2.24, 2.45) is 11.7 Å². The van der Waals surface area contributed by atoms with E-state index in [1.54, 1.807) is 12.4 Å². The number of nitrogens with zero attached hydrogens (tertiary/aromatic N) is 4. The summed E-state index contributed by atoms with van der Waals surface area (Å²) in [7, 11) is 0. The summed E-state index contributed by atoms with van der Waals surface area (Å²) in [4.78, 5) is 20.0. The van der Waals surface area contributed by atoms with E-state index < -0.39 is 0 Å². The monoisotopic (exact) mass is 360 g/mol. The molecule has 2 aromatic heterocycles. The van der Waals surface area contributed by atoms with Gasteiger partial charge in [-0.1, -0.05) is 0 Å². The summed E-state index contributed by atoms with van der Waals surface area (Å²) < 4.78 is 2.23. The van der Waals surface area contributed by atoms with Crippen LogP contribution in [0.1, 0.15) is 23.5 Å². The molecule has 0 radical (unpaired) electrons. The Morgan fingerprint density at radius 2 is 2.35 bits per heavy atom. The molecule has 0 spiro atoms. The van der Waals surface area contributed by atoms with Gasteiger partial charge >= 0.3 is 0 Å². The molecule has 1 atom stereocenters. The zero-order valence-corrected chi connectivity index (χ0v) is 12.9. The van der Waals surface area contributed by atoms with Gasteiger partial charge in [0.2, 0.25) is 5.82 Å². The zero-order valence-electron chi connectivity index (χ0n) is 10.5. The van der Waals surface area contributed by atoms with E-state index in [4.69, 9.17) is 5.73 Å². The second-order valence-corrected chi connectivity index (χ2v) is 5.58. The first-order chi connectivity index (χ1) is 9.13. The molecule has 1 amide bonds. The number of hydrogen-bond donors (Lipinski definition) is 2. The van der Waals surface area contributed by atoms with Crippen LogP contribution in [0.15, 0.2) is 16.9 Å². The highest BCUT2D eigenvalue weighted by atomic mass is 79.9. The summed E-state index contributed by atoms with van der Waals surface area (Å²) >= 11 is 3.28. The number of carbonyl (C=O) groups excluding carboxylic acids is 1. The lowest BCUT2D eigenvalue weighted by Gasteiger charge is -2.09. The molecule has 0 bridgehead atoms. The third-order valence-corrected chi connectivity index (χ3v) is 3.50. The molecule has 3 rings (SSSR count). The van der Waals surface area contributed by atoms with Crippen LogP contribution in [0.4, 0.5) is 0 Å². The minimum atomic E-state index is -0.322. The van der Waals surface area contributed by atoms with Crippen LogP contribution < -0.4 is 11.1 Å². The highest BCUT2D eigenvalue weighted by Gasteiger charge is 2.28. The van der Waals surface area contributed by atoms with Gasteiger partial charge in [-0.3, -0.25) is 4.79 Å². The molecule has 3 N–H and O–H groups in total. The lowest BCUT2D eigenvalue weighted by Crippen LogP contribution is -2.38. The SMILES string of the molecule is Cl.NC(CNC(=O)c1nc2ncc(Br)cn2n1)C1CC1. The molecule has 108 valence electrons. The van der Waals surface area contributed by atoms with Crippen LogP contribution in [-0.4, -0.2) is 38.1 Å². The van der Waals surface area contributed by atoms with Gasteiger partial charge in [0.05, 0.1) is 4.47 Å². The van der Waals surface area contributed by atoms with Crippen molar-refractivity contribution < 1.29 is 4.79 Å². The van der Waals surface area contributed by atoms with Crippen molar-refractivity contribution in [3.05, 3.63) is 22.7 Å². The van der Waals surface area contributed by atoms with Crippen molar-refractivity contribution in [2.75, 3.05) is 6.54 Å². The summed E-state index contributed by atoms with van der Waals surface area (Å²) in [6, 6.07) is 0.0215. The average molecular weight is 362 g/mol. The van der Waals surface area contributed by atoms with Gasteiger partial charge in [-0.15, -0.1) is 17.5 Å². The molecule has 1 saturated carbocycles. The van der Waals surface area contributed by atoms with E-state index in [-0.39, 0.29) is 30.2 Å². The Bertz CT molecular complexity index is 628. The molecule has 2 heterocycles. The predicted molar refractivity (Wildman–Crippen MR) is 78.8 cm³/mol. The van der Waals surface area contributed by atoms with Gasteiger partial charge < -0.3 is 11.1 Å². The van der Waals surface area contributed by atoms with E-state index in [2.05, 4.69) is 36.3 Å². The maximum absolute atomic E-state index is 11.9. The van der Waals surface area contributed by atoms with Gasteiger partial charge in [-0.05, 0) is 34.7 Å². The maximum Gasteiger partial charge on any atom is 0.291 e. The Morgan fingerprint density at radius 3 is 3.05 bits per heavy atom. The normalized spacial score (nSPS) is 15.7. The molecular weight excluding hydrogens is 348 g/mol. The van der Waals surface area contributed by atoms with E-state index >= 15 is 0 Å². The predicted octanol–water partition coefficient (Wildman–Crippen LogP) is 0.776. The smallest absolute Gasteiger partial charge is 0.291 e. The first kappa shape index (κ1) is 15.1. The standard InChI is InChI=1S/C11H13BrN6O.ClH/c12-7-3-15-11-16-9(17-18(11)5-7)10(19)14-4-8(13)6-1-2-6;/h3,5-6,8H,1-2,4,13H2,(H,14,19);1H. The number of amides is 1. The van der Waals surface area contributed by atoms with Crippen LogP contribution in [0.2, 0.25) is 0 Å².